The summed E-state index contributed by atoms with van der Waals surface area (Å²) in [4.78, 5) is 11.4. The van der Waals surface area contributed by atoms with Gasteiger partial charge in [-0.2, -0.15) is 0 Å². The van der Waals surface area contributed by atoms with Gasteiger partial charge in [-0.05, 0) is 25.2 Å². The predicted octanol–water partition coefficient (Wildman–Crippen LogP) is 2.54. The van der Waals surface area contributed by atoms with Gasteiger partial charge in [0.15, 0.2) is 0 Å². The molecule has 3 heteroatoms. The molecule has 15 heavy (non-hydrogen) atoms. The lowest BCUT2D eigenvalue weighted by atomic mass is 10.1. The number of Topliss-reactive ketones (excluding diaryl/α,β-unsaturated/α-hetero) is 1. The van der Waals surface area contributed by atoms with Gasteiger partial charge in [0.05, 0.1) is 0 Å². The molecule has 0 aromatic rings. The molecule has 1 aliphatic rings. The Morgan fingerprint density at radius 3 is 2.53 bits per heavy atom. The highest BCUT2D eigenvalue weighted by molar-refractivity contribution is 7.85. The van der Waals surface area contributed by atoms with Crippen molar-refractivity contribution in [2.75, 3.05) is 5.75 Å². The molecular weight excluding hydrogens is 208 g/mol. The SMILES string of the molecule is CC(C)C(C)S(=O)CCC1CCCC1=O. The van der Waals surface area contributed by atoms with Crippen LogP contribution in [0, 0.1) is 11.8 Å². The molecule has 1 aliphatic carbocycles. The highest BCUT2D eigenvalue weighted by atomic mass is 32.2. The van der Waals surface area contributed by atoms with Crippen LogP contribution in [0.3, 0.4) is 0 Å². The lowest BCUT2D eigenvalue weighted by molar-refractivity contribution is -0.120. The van der Waals surface area contributed by atoms with Crippen molar-refractivity contribution in [1.29, 1.82) is 0 Å². The molecule has 0 spiro atoms. The first-order valence-electron chi connectivity index (χ1n) is 5.92. The number of rotatable bonds is 5. The van der Waals surface area contributed by atoms with Crippen LogP contribution in [-0.2, 0) is 15.6 Å². The molecule has 0 radical (unpaired) electrons. The molecule has 1 saturated carbocycles. The summed E-state index contributed by atoms with van der Waals surface area (Å²) in [5.41, 5.74) is 0. The Bertz CT molecular complexity index is 248. The number of ketones is 1. The van der Waals surface area contributed by atoms with Crippen LogP contribution in [0.5, 0.6) is 0 Å². The molecule has 3 unspecified atom stereocenters. The molecule has 1 fully saturated rings. The molecule has 0 heterocycles. The Morgan fingerprint density at radius 2 is 2.07 bits per heavy atom. The molecule has 0 amide bonds. The maximum atomic E-state index is 11.8. The zero-order chi connectivity index (χ0) is 11.4. The molecule has 3 atom stereocenters. The van der Waals surface area contributed by atoms with E-state index in [4.69, 9.17) is 0 Å². The van der Waals surface area contributed by atoms with Gasteiger partial charge >= 0.3 is 0 Å². The number of hydrogen-bond donors (Lipinski definition) is 0. The zero-order valence-corrected chi connectivity index (χ0v) is 10.8. The summed E-state index contributed by atoms with van der Waals surface area (Å²) in [6, 6.07) is 0. The topological polar surface area (TPSA) is 34.1 Å². The summed E-state index contributed by atoms with van der Waals surface area (Å²) in [7, 11) is -0.758. The fraction of sp³-hybridized carbons (Fsp3) is 0.917. The van der Waals surface area contributed by atoms with Crippen LogP contribution < -0.4 is 0 Å². The second kappa shape index (κ2) is 5.78. The monoisotopic (exact) mass is 230 g/mol. The van der Waals surface area contributed by atoms with E-state index in [1.54, 1.807) is 0 Å². The first-order valence-corrected chi connectivity index (χ1v) is 7.30. The maximum absolute atomic E-state index is 11.8. The largest absolute Gasteiger partial charge is 0.299 e. The average molecular weight is 230 g/mol. The minimum atomic E-state index is -0.758. The van der Waals surface area contributed by atoms with Gasteiger partial charge in [-0.15, -0.1) is 0 Å². The standard InChI is InChI=1S/C12H22O2S/c1-9(2)10(3)15(14)8-7-11-5-4-6-12(11)13/h9-11H,4-8H2,1-3H3. The third kappa shape index (κ3) is 3.71. The van der Waals surface area contributed by atoms with E-state index in [1.165, 1.54) is 0 Å². The van der Waals surface area contributed by atoms with Gasteiger partial charge in [0.2, 0.25) is 0 Å². The minimum absolute atomic E-state index is 0.216. The van der Waals surface area contributed by atoms with Crippen molar-refractivity contribution in [1.82, 2.24) is 0 Å². The van der Waals surface area contributed by atoms with E-state index in [9.17, 15) is 9.00 Å². The molecule has 2 nitrogen and oxygen atoms in total. The van der Waals surface area contributed by atoms with E-state index in [0.29, 0.717) is 17.5 Å². The summed E-state index contributed by atoms with van der Waals surface area (Å²) in [5, 5.41) is 0.251. The van der Waals surface area contributed by atoms with Crippen LogP contribution in [0.15, 0.2) is 0 Å². The highest BCUT2D eigenvalue weighted by Crippen LogP contribution is 2.25. The molecule has 88 valence electrons. The predicted molar refractivity (Wildman–Crippen MR) is 64.3 cm³/mol. The van der Waals surface area contributed by atoms with Crippen molar-refractivity contribution in [3.63, 3.8) is 0 Å². The van der Waals surface area contributed by atoms with Gasteiger partial charge in [0, 0.05) is 34.1 Å². The van der Waals surface area contributed by atoms with Crippen LogP contribution in [-0.4, -0.2) is 21.0 Å². The van der Waals surface area contributed by atoms with Crippen LogP contribution in [0.1, 0.15) is 46.5 Å². The first kappa shape index (κ1) is 12.9. The lowest BCUT2D eigenvalue weighted by Gasteiger charge is -2.16. The fourth-order valence-corrected chi connectivity index (χ4v) is 3.44. The van der Waals surface area contributed by atoms with Crippen LogP contribution in [0.4, 0.5) is 0 Å². The second-order valence-electron chi connectivity index (χ2n) is 4.88. The Kier molecular flexibility index (Phi) is 4.97. The Morgan fingerprint density at radius 1 is 1.40 bits per heavy atom. The van der Waals surface area contributed by atoms with E-state index in [-0.39, 0.29) is 11.2 Å². The van der Waals surface area contributed by atoms with Crippen LogP contribution in [0.2, 0.25) is 0 Å². The van der Waals surface area contributed by atoms with Crippen molar-refractivity contribution in [3.05, 3.63) is 0 Å². The van der Waals surface area contributed by atoms with E-state index < -0.39 is 10.8 Å². The molecular formula is C12H22O2S. The molecule has 0 aromatic heterocycles. The fourth-order valence-electron chi connectivity index (χ4n) is 1.94. The Labute approximate surface area is 95.3 Å². The number of hydrogen-bond acceptors (Lipinski definition) is 2. The second-order valence-corrected chi connectivity index (χ2v) is 6.79. The molecule has 0 N–H and O–H groups in total. The van der Waals surface area contributed by atoms with Crippen molar-refractivity contribution in [3.8, 4) is 0 Å². The van der Waals surface area contributed by atoms with E-state index >= 15 is 0 Å². The van der Waals surface area contributed by atoms with Gasteiger partial charge in [-0.1, -0.05) is 20.8 Å². The van der Waals surface area contributed by atoms with Crippen molar-refractivity contribution < 1.29 is 9.00 Å². The summed E-state index contributed by atoms with van der Waals surface area (Å²) in [5.74, 6) is 1.78. The van der Waals surface area contributed by atoms with E-state index in [1.807, 2.05) is 6.92 Å². The lowest BCUT2D eigenvalue weighted by Crippen LogP contribution is -2.22. The maximum Gasteiger partial charge on any atom is 0.136 e. The average Bonchev–Trinajstić information content (AvgIpc) is 2.59. The third-order valence-corrected chi connectivity index (χ3v) is 5.46. The van der Waals surface area contributed by atoms with Gasteiger partial charge in [0.1, 0.15) is 5.78 Å². The normalized spacial score (nSPS) is 25.9. The summed E-state index contributed by atoms with van der Waals surface area (Å²) in [6.45, 7) is 6.24. The van der Waals surface area contributed by atoms with Gasteiger partial charge in [0.25, 0.3) is 0 Å². The smallest absolute Gasteiger partial charge is 0.136 e. The number of carbonyl (C=O) groups is 1. The van der Waals surface area contributed by atoms with Crippen molar-refractivity contribution in [2.24, 2.45) is 11.8 Å². The van der Waals surface area contributed by atoms with Crippen LogP contribution in [0.25, 0.3) is 0 Å². The van der Waals surface area contributed by atoms with Crippen LogP contribution >= 0.6 is 0 Å². The minimum Gasteiger partial charge on any atom is -0.299 e. The Balaban J connectivity index is 2.30. The molecule has 0 aromatic carbocycles. The summed E-state index contributed by atoms with van der Waals surface area (Å²) in [6.07, 6.45) is 3.64. The number of carbonyl (C=O) groups excluding carboxylic acids is 1. The van der Waals surface area contributed by atoms with Gasteiger partial charge < -0.3 is 0 Å². The Hall–Kier alpha value is -0.180. The zero-order valence-electron chi connectivity index (χ0n) is 9.99. The molecule has 0 aliphatic heterocycles. The summed E-state index contributed by atoms with van der Waals surface area (Å²) >= 11 is 0. The van der Waals surface area contributed by atoms with Gasteiger partial charge in [-0.25, -0.2) is 0 Å². The third-order valence-electron chi connectivity index (χ3n) is 3.45. The van der Waals surface area contributed by atoms with E-state index in [2.05, 4.69) is 13.8 Å². The highest BCUT2D eigenvalue weighted by Gasteiger charge is 2.25. The van der Waals surface area contributed by atoms with Gasteiger partial charge in [-0.3, -0.25) is 9.00 Å². The van der Waals surface area contributed by atoms with Crippen molar-refractivity contribution in [2.45, 2.75) is 51.7 Å². The molecule has 0 bridgehead atoms. The first-order chi connectivity index (χ1) is 7.02. The summed E-state index contributed by atoms with van der Waals surface area (Å²) < 4.78 is 11.8. The molecule has 1 rings (SSSR count). The van der Waals surface area contributed by atoms with Crippen molar-refractivity contribution >= 4 is 16.6 Å². The van der Waals surface area contributed by atoms with E-state index in [0.717, 1.165) is 25.7 Å². The molecule has 0 saturated heterocycles. The quantitative estimate of drug-likeness (QED) is 0.727.